The number of hydrogen-bond donors (Lipinski definition) is 1. The molecule has 2 aliphatic rings. The van der Waals surface area contributed by atoms with E-state index in [1.54, 1.807) is 6.08 Å². The minimum absolute atomic E-state index is 0.111. The summed E-state index contributed by atoms with van der Waals surface area (Å²) in [4.78, 5) is 31.4. The molecule has 2 saturated carbocycles. The zero-order valence-corrected chi connectivity index (χ0v) is 20.6. The van der Waals surface area contributed by atoms with Gasteiger partial charge in [-0.2, -0.15) is 16.8 Å². The number of carbonyl (C=O) groups excluding carboxylic acids is 2. The average molecular weight is 458 g/mol. The summed E-state index contributed by atoms with van der Waals surface area (Å²) in [5.41, 5.74) is 1.18. The molecule has 1 amide bonds. The fourth-order valence-corrected chi connectivity index (χ4v) is 6.71. The van der Waals surface area contributed by atoms with Gasteiger partial charge in [0.2, 0.25) is 12.0 Å². The van der Waals surface area contributed by atoms with Crippen LogP contribution in [0.2, 0.25) is 0 Å². The van der Waals surface area contributed by atoms with Gasteiger partial charge >= 0.3 is 0 Å². The number of carbonyl (C=O) groups is 1. The highest BCUT2D eigenvalue weighted by Gasteiger charge is 2.46. The monoisotopic (exact) mass is 457 g/mol. The van der Waals surface area contributed by atoms with E-state index in [1.165, 1.54) is 38.5 Å². The molecule has 0 radical (unpaired) electrons. The van der Waals surface area contributed by atoms with Crippen LogP contribution in [0.15, 0.2) is 29.3 Å². The maximum absolute atomic E-state index is 13.6. The first-order valence-corrected chi connectivity index (χ1v) is 13.4. The van der Waals surface area contributed by atoms with E-state index < -0.39 is 5.54 Å². The second-order valence-electron chi connectivity index (χ2n) is 9.72. The van der Waals surface area contributed by atoms with Crippen molar-refractivity contribution in [1.82, 2.24) is 5.32 Å². The van der Waals surface area contributed by atoms with Crippen molar-refractivity contribution in [3.05, 3.63) is 29.8 Å². The van der Waals surface area contributed by atoms with Gasteiger partial charge in [-0.1, -0.05) is 50.7 Å². The van der Waals surface area contributed by atoms with Crippen molar-refractivity contribution in [3.63, 3.8) is 0 Å². The fourth-order valence-electron chi connectivity index (χ4n) is 5.19. The fraction of sp³-hybridized carbons (Fsp3) is 0.692. The van der Waals surface area contributed by atoms with E-state index in [0.29, 0.717) is 12.3 Å². The van der Waals surface area contributed by atoms with Gasteiger partial charge in [-0.05, 0) is 61.0 Å². The Morgan fingerprint density at radius 3 is 2.28 bits per heavy atom. The topological polar surface area (TPSA) is 61.8 Å². The van der Waals surface area contributed by atoms with Crippen molar-refractivity contribution in [2.45, 2.75) is 76.3 Å². The lowest BCUT2D eigenvalue weighted by molar-refractivity contribution is -0.127. The van der Waals surface area contributed by atoms with Crippen molar-refractivity contribution in [3.8, 4) is 0 Å². The van der Waals surface area contributed by atoms with Gasteiger partial charge in [0.1, 0.15) is 0 Å². The predicted molar refractivity (Wildman–Crippen MR) is 134 cm³/mol. The van der Waals surface area contributed by atoms with Gasteiger partial charge in [-0.25, -0.2) is 4.79 Å². The van der Waals surface area contributed by atoms with Crippen LogP contribution in [0.3, 0.4) is 0 Å². The highest BCUT2D eigenvalue weighted by molar-refractivity contribution is 7.99. The lowest BCUT2D eigenvalue weighted by Gasteiger charge is -2.37. The van der Waals surface area contributed by atoms with Crippen LogP contribution in [-0.2, 0) is 16.1 Å². The van der Waals surface area contributed by atoms with Gasteiger partial charge in [0.05, 0.1) is 0 Å². The molecule has 0 spiro atoms. The van der Waals surface area contributed by atoms with Crippen LogP contribution in [0.1, 0.15) is 69.8 Å². The minimum atomic E-state index is -0.995. The number of nitrogens with one attached hydrogen (secondary N) is 1. The van der Waals surface area contributed by atoms with Crippen LogP contribution in [0.25, 0.3) is 0 Å². The van der Waals surface area contributed by atoms with Crippen LogP contribution in [0.5, 0.6) is 0 Å². The Bertz CT molecular complexity index is 764. The Morgan fingerprint density at radius 2 is 1.69 bits per heavy atom. The van der Waals surface area contributed by atoms with E-state index >= 15 is 0 Å². The van der Waals surface area contributed by atoms with Gasteiger partial charge in [-0.15, -0.1) is 0 Å². The summed E-state index contributed by atoms with van der Waals surface area (Å²) in [5.74, 6) is 2.38. The molecule has 2 aliphatic carbocycles. The summed E-state index contributed by atoms with van der Waals surface area (Å²) < 4.78 is 0. The first kappa shape index (κ1) is 24.9. The number of aliphatic imine (C=N–C) groups is 1. The first-order valence-electron chi connectivity index (χ1n) is 12.3. The first-order chi connectivity index (χ1) is 15.5. The van der Waals surface area contributed by atoms with Crippen LogP contribution in [-0.4, -0.2) is 43.1 Å². The summed E-state index contributed by atoms with van der Waals surface area (Å²) in [7, 11) is 4.02. The van der Waals surface area contributed by atoms with Crippen molar-refractivity contribution in [2.75, 3.05) is 30.5 Å². The number of amides is 1. The van der Waals surface area contributed by atoms with Crippen molar-refractivity contribution in [1.29, 1.82) is 0 Å². The SMILES string of the molecule is CN(C)c1ccc(CNC(=O)[C@](CSCC2CCCCC2)(N=C=O)C2CCCCC2)cc1. The molecule has 1 N–H and O–H groups in total. The molecule has 0 unspecified atom stereocenters. The van der Waals surface area contributed by atoms with Crippen molar-refractivity contribution < 1.29 is 9.59 Å². The molecular formula is C26H39N3O2S. The number of rotatable bonds is 10. The second-order valence-corrected chi connectivity index (χ2v) is 10.8. The normalized spacial score (nSPS) is 19.6. The van der Waals surface area contributed by atoms with E-state index in [0.717, 1.165) is 48.6 Å². The van der Waals surface area contributed by atoms with E-state index in [1.807, 2.05) is 38.0 Å². The van der Waals surface area contributed by atoms with E-state index in [4.69, 9.17) is 0 Å². The Morgan fingerprint density at radius 1 is 1.06 bits per heavy atom. The summed E-state index contributed by atoms with van der Waals surface area (Å²) in [5, 5.41) is 3.12. The number of hydrogen-bond acceptors (Lipinski definition) is 5. The van der Waals surface area contributed by atoms with Gasteiger partial charge in [0.15, 0.2) is 5.54 Å². The largest absolute Gasteiger partial charge is 0.378 e. The summed E-state index contributed by atoms with van der Waals surface area (Å²) >= 11 is 1.82. The summed E-state index contributed by atoms with van der Waals surface area (Å²) in [6, 6.07) is 8.19. The van der Waals surface area contributed by atoms with Gasteiger partial charge < -0.3 is 10.2 Å². The molecule has 0 bridgehead atoms. The third-order valence-corrected chi connectivity index (χ3v) is 8.58. The maximum atomic E-state index is 13.6. The number of anilines is 1. The zero-order chi connectivity index (χ0) is 22.8. The molecule has 0 aromatic heterocycles. The number of nitrogens with zero attached hydrogens (tertiary/aromatic N) is 2. The zero-order valence-electron chi connectivity index (χ0n) is 19.8. The molecule has 32 heavy (non-hydrogen) atoms. The molecule has 5 nitrogen and oxygen atoms in total. The van der Waals surface area contributed by atoms with Crippen molar-refractivity contribution in [2.24, 2.45) is 16.8 Å². The predicted octanol–water partition coefficient (Wildman–Crippen LogP) is 5.34. The molecule has 176 valence electrons. The van der Waals surface area contributed by atoms with Gasteiger partial charge in [0, 0.05) is 32.1 Å². The molecule has 3 rings (SSSR count). The van der Waals surface area contributed by atoms with Gasteiger partial charge in [-0.3, -0.25) is 4.79 Å². The quantitative estimate of drug-likeness (QED) is 0.381. The molecule has 1 atom stereocenters. The Labute approximate surface area is 197 Å². The molecule has 2 fully saturated rings. The molecule has 6 heteroatoms. The van der Waals surface area contributed by atoms with Crippen LogP contribution in [0, 0.1) is 11.8 Å². The Balaban J connectivity index is 1.70. The van der Waals surface area contributed by atoms with Crippen LogP contribution < -0.4 is 10.2 Å². The lowest BCUT2D eigenvalue weighted by atomic mass is 9.75. The second kappa shape index (κ2) is 12.5. The average Bonchev–Trinajstić information content (AvgIpc) is 2.83. The number of benzene rings is 1. The van der Waals surface area contributed by atoms with Crippen LogP contribution >= 0.6 is 11.8 Å². The lowest BCUT2D eigenvalue weighted by Crippen LogP contribution is -2.53. The maximum Gasteiger partial charge on any atom is 0.250 e. The summed E-state index contributed by atoms with van der Waals surface area (Å²) in [6.07, 6.45) is 13.7. The highest BCUT2D eigenvalue weighted by Crippen LogP contribution is 2.39. The van der Waals surface area contributed by atoms with Crippen LogP contribution in [0.4, 0.5) is 5.69 Å². The molecule has 1 aromatic rings. The standard InChI is InChI=1S/C26H39N3O2S/c1-29(2)24-15-13-21(14-16-24)17-27-25(31)26(28-20-30,23-11-7-4-8-12-23)19-32-18-22-9-5-3-6-10-22/h13-16,22-23H,3-12,17-19H2,1-2H3,(H,27,31)/t26-/m1/s1. The Kier molecular flexibility index (Phi) is 9.68. The minimum Gasteiger partial charge on any atom is -0.378 e. The third-order valence-electron chi connectivity index (χ3n) is 7.23. The smallest absolute Gasteiger partial charge is 0.250 e. The van der Waals surface area contributed by atoms with Crippen molar-refractivity contribution >= 4 is 29.4 Å². The highest BCUT2D eigenvalue weighted by atomic mass is 32.2. The van der Waals surface area contributed by atoms with E-state index in [2.05, 4.69) is 27.3 Å². The molecule has 0 heterocycles. The molecular weight excluding hydrogens is 418 g/mol. The number of thioether (sulfide) groups is 1. The third kappa shape index (κ3) is 6.62. The Hall–Kier alpha value is -1.78. The molecule has 0 saturated heterocycles. The summed E-state index contributed by atoms with van der Waals surface area (Å²) in [6.45, 7) is 0.447. The van der Waals surface area contributed by atoms with E-state index in [9.17, 15) is 9.59 Å². The van der Waals surface area contributed by atoms with Gasteiger partial charge in [0.25, 0.3) is 0 Å². The molecule has 1 aromatic carbocycles. The number of isocyanates is 1. The molecule has 0 aliphatic heterocycles. The van der Waals surface area contributed by atoms with E-state index in [-0.39, 0.29) is 11.8 Å².